The monoisotopic (exact) mass is 490 g/mol. The number of thioether (sulfide) groups is 1. The Morgan fingerprint density at radius 3 is 2.40 bits per heavy atom. The normalized spacial score (nSPS) is 11.8. The first kappa shape index (κ1) is 23.1. The molecule has 3 aromatic carbocycles. The number of benzene rings is 3. The molecule has 0 spiro atoms. The summed E-state index contributed by atoms with van der Waals surface area (Å²) in [4.78, 5) is 4.84. The van der Waals surface area contributed by atoms with Crippen molar-refractivity contribution >= 4 is 22.7 Å². The summed E-state index contributed by atoms with van der Waals surface area (Å²) in [6, 6.07) is 25.3. The van der Waals surface area contributed by atoms with Crippen LogP contribution in [-0.4, -0.2) is 19.7 Å². The molecule has 35 heavy (non-hydrogen) atoms. The lowest BCUT2D eigenvalue weighted by Gasteiger charge is -2.12. The van der Waals surface area contributed by atoms with Crippen molar-refractivity contribution in [2.75, 3.05) is 0 Å². The molecule has 0 saturated carbocycles. The van der Waals surface area contributed by atoms with Gasteiger partial charge in [-0.15, -0.1) is 10.2 Å². The topological polar surface area (TPSA) is 43.6 Å². The van der Waals surface area contributed by atoms with Crippen LogP contribution in [0.4, 0.5) is 13.2 Å². The summed E-state index contributed by atoms with van der Waals surface area (Å²) in [7, 11) is 0. The van der Waals surface area contributed by atoms with Crippen LogP contribution in [0.25, 0.3) is 33.5 Å². The highest BCUT2D eigenvalue weighted by molar-refractivity contribution is 7.98. The second-order valence-corrected chi connectivity index (χ2v) is 8.92. The van der Waals surface area contributed by atoms with E-state index >= 15 is 0 Å². The number of alkyl halides is 3. The molecule has 0 atom stereocenters. The van der Waals surface area contributed by atoms with Crippen LogP contribution in [0.15, 0.2) is 90.1 Å². The Kier molecular flexibility index (Phi) is 6.30. The van der Waals surface area contributed by atoms with Crippen molar-refractivity contribution < 1.29 is 13.2 Å². The molecule has 0 aliphatic rings. The van der Waals surface area contributed by atoms with Crippen molar-refractivity contribution in [3.63, 3.8) is 0 Å². The van der Waals surface area contributed by atoms with Gasteiger partial charge in [-0.05, 0) is 30.7 Å². The van der Waals surface area contributed by atoms with Crippen LogP contribution in [0.2, 0.25) is 0 Å². The highest BCUT2D eigenvalue weighted by Crippen LogP contribution is 2.34. The maximum Gasteiger partial charge on any atom is 0.416 e. The lowest BCUT2D eigenvalue weighted by atomic mass is 10.0. The standard InChI is InChI=1S/C27H21F3N4S/c1-2-34-25(32-33-26(34)35-17-18-9-8-12-20(15-18)27(28,29)30)22-16-24(19-10-4-3-5-11-19)31-23-14-7-6-13-21(22)23/h3-16H,2,17H2,1H3. The number of nitrogens with zero attached hydrogens (tertiary/aromatic N) is 4. The van der Waals surface area contributed by atoms with Gasteiger partial charge < -0.3 is 4.57 Å². The van der Waals surface area contributed by atoms with E-state index in [1.54, 1.807) is 6.07 Å². The van der Waals surface area contributed by atoms with Crippen LogP contribution in [0.5, 0.6) is 0 Å². The smallest absolute Gasteiger partial charge is 0.302 e. The summed E-state index contributed by atoms with van der Waals surface area (Å²) in [6.45, 7) is 2.62. The maximum absolute atomic E-state index is 13.1. The zero-order chi connectivity index (χ0) is 24.4. The van der Waals surface area contributed by atoms with Crippen LogP contribution in [0.3, 0.4) is 0 Å². The number of pyridine rings is 1. The first-order chi connectivity index (χ1) is 16.9. The average Bonchev–Trinajstić information content (AvgIpc) is 3.29. The van der Waals surface area contributed by atoms with Crippen LogP contribution >= 0.6 is 11.8 Å². The third kappa shape index (κ3) is 4.79. The van der Waals surface area contributed by atoms with Gasteiger partial charge in [0.05, 0.1) is 16.8 Å². The molecule has 176 valence electrons. The van der Waals surface area contributed by atoms with Crippen LogP contribution in [-0.2, 0) is 18.5 Å². The van der Waals surface area contributed by atoms with E-state index in [4.69, 9.17) is 4.98 Å². The van der Waals surface area contributed by atoms with E-state index in [0.29, 0.717) is 28.8 Å². The molecule has 0 fully saturated rings. The van der Waals surface area contributed by atoms with Gasteiger partial charge in [-0.1, -0.05) is 78.5 Å². The molecule has 4 nitrogen and oxygen atoms in total. The second-order valence-electron chi connectivity index (χ2n) is 7.98. The van der Waals surface area contributed by atoms with Crippen molar-refractivity contribution in [3.05, 3.63) is 96.1 Å². The Balaban J connectivity index is 1.52. The molecule has 0 amide bonds. The molecule has 0 bridgehead atoms. The summed E-state index contributed by atoms with van der Waals surface area (Å²) in [6.07, 6.45) is -4.36. The SMILES string of the molecule is CCn1c(SCc2cccc(C(F)(F)F)c2)nnc1-c1cc(-c2ccccc2)nc2ccccc12. The lowest BCUT2D eigenvalue weighted by molar-refractivity contribution is -0.137. The highest BCUT2D eigenvalue weighted by atomic mass is 32.2. The molecule has 0 saturated heterocycles. The van der Waals surface area contributed by atoms with Gasteiger partial charge in [0.15, 0.2) is 11.0 Å². The van der Waals surface area contributed by atoms with E-state index in [-0.39, 0.29) is 0 Å². The predicted molar refractivity (Wildman–Crippen MR) is 133 cm³/mol. The number of rotatable bonds is 6. The average molecular weight is 491 g/mol. The fourth-order valence-electron chi connectivity index (χ4n) is 3.98. The molecule has 5 aromatic rings. The zero-order valence-electron chi connectivity index (χ0n) is 18.8. The third-order valence-corrected chi connectivity index (χ3v) is 6.72. The van der Waals surface area contributed by atoms with Gasteiger partial charge >= 0.3 is 6.18 Å². The Bertz CT molecular complexity index is 1480. The molecule has 2 heterocycles. The van der Waals surface area contributed by atoms with Crippen molar-refractivity contribution in [1.82, 2.24) is 19.7 Å². The molecule has 8 heteroatoms. The number of para-hydroxylation sites is 1. The van der Waals surface area contributed by atoms with Gasteiger partial charge in [0.1, 0.15) is 0 Å². The third-order valence-electron chi connectivity index (χ3n) is 5.68. The number of hydrogen-bond donors (Lipinski definition) is 0. The summed E-state index contributed by atoms with van der Waals surface area (Å²) in [5, 5.41) is 10.5. The Morgan fingerprint density at radius 1 is 0.857 bits per heavy atom. The molecular weight excluding hydrogens is 469 g/mol. The quantitative estimate of drug-likeness (QED) is 0.231. The van der Waals surface area contributed by atoms with E-state index in [1.807, 2.05) is 72.2 Å². The largest absolute Gasteiger partial charge is 0.416 e. The van der Waals surface area contributed by atoms with Crippen molar-refractivity contribution in [2.24, 2.45) is 0 Å². The second kappa shape index (κ2) is 9.54. The maximum atomic E-state index is 13.1. The summed E-state index contributed by atoms with van der Waals surface area (Å²) >= 11 is 1.37. The molecule has 0 aliphatic carbocycles. The first-order valence-electron chi connectivity index (χ1n) is 11.1. The Morgan fingerprint density at radius 2 is 1.63 bits per heavy atom. The van der Waals surface area contributed by atoms with E-state index < -0.39 is 11.7 Å². The van der Waals surface area contributed by atoms with E-state index in [0.717, 1.165) is 33.8 Å². The molecule has 0 unspecified atom stereocenters. The molecule has 0 radical (unpaired) electrons. The fourth-order valence-corrected chi connectivity index (χ4v) is 4.93. The molecular formula is C27H21F3N4S. The number of halogens is 3. The van der Waals surface area contributed by atoms with Gasteiger partial charge in [0.2, 0.25) is 0 Å². The van der Waals surface area contributed by atoms with Gasteiger partial charge in [-0.25, -0.2) is 4.98 Å². The lowest BCUT2D eigenvalue weighted by Crippen LogP contribution is -2.05. The summed E-state index contributed by atoms with van der Waals surface area (Å²) in [5.74, 6) is 1.06. The van der Waals surface area contributed by atoms with Gasteiger partial charge in [-0.2, -0.15) is 13.2 Å². The minimum absolute atomic E-state index is 0.356. The number of hydrogen-bond acceptors (Lipinski definition) is 4. The predicted octanol–water partition coefficient (Wildman–Crippen LogP) is 7.49. The Labute approximate surface area is 204 Å². The molecule has 0 aliphatic heterocycles. The van der Waals surface area contributed by atoms with E-state index in [2.05, 4.69) is 10.2 Å². The van der Waals surface area contributed by atoms with E-state index in [9.17, 15) is 13.2 Å². The first-order valence-corrected chi connectivity index (χ1v) is 12.1. The molecule has 2 aromatic heterocycles. The Hall–Kier alpha value is -3.65. The number of fused-ring (bicyclic) bond motifs is 1. The molecule has 0 N–H and O–H groups in total. The van der Waals surface area contributed by atoms with Crippen molar-refractivity contribution in [3.8, 4) is 22.6 Å². The minimum Gasteiger partial charge on any atom is -0.302 e. The summed E-state index contributed by atoms with van der Waals surface area (Å²) in [5.41, 5.74) is 3.54. The van der Waals surface area contributed by atoms with Crippen molar-refractivity contribution in [2.45, 2.75) is 30.6 Å². The zero-order valence-corrected chi connectivity index (χ0v) is 19.6. The summed E-state index contributed by atoms with van der Waals surface area (Å²) < 4.78 is 41.3. The van der Waals surface area contributed by atoms with Gasteiger partial charge in [0.25, 0.3) is 0 Å². The van der Waals surface area contributed by atoms with Crippen LogP contribution in [0.1, 0.15) is 18.1 Å². The van der Waals surface area contributed by atoms with E-state index in [1.165, 1.54) is 23.9 Å². The van der Waals surface area contributed by atoms with Gasteiger partial charge in [-0.3, -0.25) is 0 Å². The minimum atomic E-state index is -4.36. The number of aromatic nitrogens is 4. The van der Waals surface area contributed by atoms with Crippen molar-refractivity contribution in [1.29, 1.82) is 0 Å². The van der Waals surface area contributed by atoms with Crippen LogP contribution in [0, 0.1) is 0 Å². The highest BCUT2D eigenvalue weighted by Gasteiger charge is 2.30. The fraction of sp³-hybridized carbons (Fsp3) is 0.148. The van der Waals surface area contributed by atoms with Crippen LogP contribution < -0.4 is 0 Å². The molecule has 5 rings (SSSR count). The van der Waals surface area contributed by atoms with Gasteiger partial charge in [0, 0.05) is 28.8 Å².